The minimum absolute atomic E-state index is 0.0426. The molecule has 0 unspecified atom stereocenters. The number of nitrogens with zero attached hydrogens (tertiary/aromatic N) is 2. The number of ether oxygens (including phenoxy) is 1. The summed E-state index contributed by atoms with van der Waals surface area (Å²) < 4.78 is 5.03. The number of thiazole rings is 1. The van der Waals surface area contributed by atoms with Gasteiger partial charge in [0.2, 0.25) is 0 Å². The van der Waals surface area contributed by atoms with Crippen molar-refractivity contribution in [3.63, 3.8) is 0 Å². The highest BCUT2D eigenvalue weighted by Crippen LogP contribution is 2.26. The lowest BCUT2D eigenvalue weighted by atomic mass is 10.0. The molecule has 0 spiro atoms. The predicted octanol–water partition coefficient (Wildman–Crippen LogP) is 3.99. The van der Waals surface area contributed by atoms with Gasteiger partial charge in [-0.25, -0.2) is 4.98 Å². The van der Waals surface area contributed by atoms with Crippen LogP contribution in [0.25, 0.3) is 11.1 Å². The number of carbonyl (C=O) groups excluding carboxylic acids is 1. The van der Waals surface area contributed by atoms with Crippen molar-refractivity contribution in [2.24, 2.45) is 0 Å². The van der Waals surface area contributed by atoms with Gasteiger partial charge in [-0.05, 0) is 23.3 Å². The summed E-state index contributed by atoms with van der Waals surface area (Å²) in [5.41, 5.74) is 3.03. The van der Waals surface area contributed by atoms with E-state index in [4.69, 9.17) is 4.74 Å². The minimum atomic E-state index is -0.0853. The molecule has 0 aliphatic heterocycles. The molecule has 0 N–H and O–H groups in total. The van der Waals surface area contributed by atoms with Crippen molar-refractivity contribution in [3.8, 4) is 11.1 Å². The molecule has 3 rings (SSSR count). The molecule has 2 aromatic carbocycles. The van der Waals surface area contributed by atoms with Crippen LogP contribution in [0.3, 0.4) is 0 Å². The Hall–Kier alpha value is -2.50. The number of anilines is 1. The van der Waals surface area contributed by atoms with Crippen molar-refractivity contribution in [1.82, 2.24) is 4.98 Å². The molecular formula is C19H18N2O2S. The van der Waals surface area contributed by atoms with Gasteiger partial charge in [-0.3, -0.25) is 4.79 Å². The van der Waals surface area contributed by atoms with Crippen LogP contribution in [0.2, 0.25) is 0 Å². The van der Waals surface area contributed by atoms with Gasteiger partial charge in [0.1, 0.15) is 11.6 Å². The largest absolute Gasteiger partial charge is 0.375 e. The third-order valence-corrected chi connectivity index (χ3v) is 4.38. The fraction of sp³-hybridized carbons (Fsp3) is 0.158. The summed E-state index contributed by atoms with van der Waals surface area (Å²) in [6, 6.07) is 18.1. The highest BCUT2D eigenvalue weighted by atomic mass is 32.1. The molecule has 1 aromatic heterocycles. The molecule has 3 aromatic rings. The normalized spacial score (nSPS) is 10.5. The van der Waals surface area contributed by atoms with Gasteiger partial charge in [-0.2, -0.15) is 0 Å². The molecule has 0 saturated heterocycles. The SMILES string of the molecule is COCC(=O)N(Cc1nccs1)c1cccc(-c2ccccc2)c1. The Morgan fingerprint density at radius 3 is 2.62 bits per heavy atom. The van der Waals surface area contributed by atoms with Gasteiger partial charge >= 0.3 is 0 Å². The van der Waals surface area contributed by atoms with Crippen LogP contribution in [0, 0.1) is 0 Å². The standard InChI is InChI=1S/C19H18N2O2S/c1-23-14-19(22)21(13-18-20-10-11-24-18)17-9-5-8-16(12-17)15-6-3-2-4-7-15/h2-12H,13-14H2,1H3. The van der Waals surface area contributed by atoms with E-state index in [0.29, 0.717) is 6.54 Å². The zero-order valence-corrected chi connectivity index (χ0v) is 14.2. The third-order valence-electron chi connectivity index (χ3n) is 3.61. The van der Waals surface area contributed by atoms with Crippen molar-refractivity contribution in [2.75, 3.05) is 18.6 Å². The fourth-order valence-corrected chi connectivity index (χ4v) is 3.08. The lowest BCUT2D eigenvalue weighted by Gasteiger charge is -2.22. The van der Waals surface area contributed by atoms with E-state index in [2.05, 4.69) is 17.1 Å². The molecule has 122 valence electrons. The van der Waals surface area contributed by atoms with E-state index < -0.39 is 0 Å². The molecule has 0 radical (unpaired) electrons. The van der Waals surface area contributed by atoms with Crippen LogP contribution >= 0.6 is 11.3 Å². The Morgan fingerprint density at radius 1 is 1.12 bits per heavy atom. The summed E-state index contributed by atoms with van der Waals surface area (Å²) in [5, 5.41) is 2.80. The Labute approximate surface area is 145 Å². The molecule has 5 heteroatoms. The van der Waals surface area contributed by atoms with Gasteiger partial charge in [-0.15, -0.1) is 11.3 Å². The molecule has 0 fully saturated rings. The molecule has 24 heavy (non-hydrogen) atoms. The monoisotopic (exact) mass is 338 g/mol. The van der Waals surface area contributed by atoms with Crippen molar-refractivity contribution in [1.29, 1.82) is 0 Å². The maximum absolute atomic E-state index is 12.5. The number of hydrogen-bond acceptors (Lipinski definition) is 4. The Morgan fingerprint density at radius 2 is 1.92 bits per heavy atom. The third kappa shape index (κ3) is 3.88. The first-order valence-corrected chi connectivity index (χ1v) is 8.49. The first kappa shape index (κ1) is 16.4. The molecule has 1 amide bonds. The van der Waals surface area contributed by atoms with E-state index in [0.717, 1.165) is 21.8 Å². The summed E-state index contributed by atoms with van der Waals surface area (Å²) in [6.07, 6.45) is 1.75. The summed E-state index contributed by atoms with van der Waals surface area (Å²) in [7, 11) is 1.53. The van der Waals surface area contributed by atoms with Gasteiger partial charge in [0.05, 0.1) is 6.54 Å². The average Bonchev–Trinajstić information content (AvgIpc) is 3.14. The van der Waals surface area contributed by atoms with Crippen LogP contribution < -0.4 is 4.90 Å². The Bertz CT molecular complexity index is 788. The first-order valence-electron chi connectivity index (χ1n) is 7.61. The topological polar surface area (TPSA) is 42.4 Å². The number of aromatic nitrogens is 1. The second-order valence-corrected chi connectivity index (χ2v) is 6.23. The zero-order valence-electron chi connectivity index (χ0n) is 13.4. The number of carbonyl (C=O) groups is 1. The van der Waals surface area contributed by atoms with Crippen LogP contribution in [0.4, 0.5) is 5.69 Å². The molecule has 0 bridgehead atoms. The highest BCUT2D eigenvalue weighted by molar-refractivity contribution is 7.09. The van der Waals surface area contributed by atoms with Crippen LogP contribution in [0.5, 0.6) is 0 Å². The van der Waals surface area contributed by atoms with E-state index in [-0.39, 0.29) is 12.5 Å². The summed E-state index contributed by atoms with van der Waals surface area (Å²) in [4.78, 5) is 18.5. The van der Waals surface area contributed by atoms with Gasteiger partial charge in [0, 0.05) is 24.4 Å². The van der Waals surface area contributed by atoms with E-state index in [1.165, 1.54) is 18.4 Å². The van der Waals surface area contributed by atoms with E-state index in [9.17, 15) is 4.79 Å². The number of rotatable bonds is 6. The lowest BCUT2D eigenvalue weighted by Crippen LogP contribution is -2.33. The van der Waals surface area contributed by atoms with Crippen molar-refractivity contribution in [3.05, 3.63) is 71.2 Å². The van der Waals surface area contributed by atoms with Crippen molar-refractivity contribution < 1.29 is 9.53 Å². The Balaban J connectivity index is 1.93. The average molecular weight is 338 g/mol. The quantitative estimate of drug-likeness (QED) is 0.682. The van der Waals surface area contributed by atoms with Crippen molar-refractivity contribution in [2.45, 2.75) is 6.54 Å². The van der Waals surface area contributed by atoms with Crippen molar-refractivity contribution >= 4 is 22.9 Å². The lowest BCUT2D eigenvalue weighted by molar-refractivity contribution is -0.122. The molecule has 1 heterocycles. The number of benzene rings is 2. The fourth-order valence-electron chi connectivity index (χ4n) is 2.48. The van der Waals surface area contributed by atoms with Gasteiger partial charge in [0.25, 0.3) is 5.91 Å². The highest BCUT2D eigenvalue weighted by Gasteiger charge is 2.17. The van der Waals surface area contributed by atoms with Crippen LogP contribution in [-0.4, -0.2) is 24.6 Å². The van der Waals surface area contributed by atoms with Gasteiger partial charge in [0.15, 0.2) is 0 Å². The molecule has 0 aliphatic rings. The summed E-state index contributed by atoms with van der Waals surface area (Å²) >= 11 is 1.54. The zero-order chi connectivity index (χ0) is 16.8. The van der Waals surface area contributed by atoms with E-state index in [1.807, 2.05) is 47.8 Å². The van der Waals surface area contributed by atoms with E-state index in [1.54, 1.807) is 11.1 Å². The molecule has 0 aliphatic carbocycles. The molecular weight excluding hydrogens is 320 g/mol. The summed E-state index contributed by atoms with van der Waals surface area (Å²) in [5.74, 6) is -0.0853. The maximum Gasteiger partial charge on any atom is 0.253 e. The second kappa shape index (κ2) is 7.86. The number of hydrogen-bond donors (Lipinski definition) is 0. The van der Waals surface area contributed by atoms with Crippen LogP contribution in [0.1, 0.15) is 5.01 Å². The van der Waals surface area contributed by atoms with Crippen LogP contribution in [-0.2, 0) is 16.1 Å². The van der Waals surface area contributed by atoms with Crippen LogP contribution in [0.15, 0.2) is 66.2 Å². The molecule has 0 saturated carbocycles. The number of methoxy groups -OCH3 is 1. The second-order valence-electron chi connectivity index (χ2n) is 5.26. The Kier molecular flexibility index (Phi) is 5.36. The van der Waals surface area contributed by atoms with E-state index >= 15 is 0 Å². The predicted molar refractivity (Wildman–Crippen MR) is 97.1 cm³/mol. The minimum Gasteiger partial charge on any atom is -0.375 e. The van der Waals surface area contributed by atoms with Gasteiger partial charge in [-0.1, -0.05) is 42.5 Å². The first-order chi connectivity index (χ1) is 11.8. The summed E-state index contributed by atoms with van der Waals surface area (Å²) in [6.45, 7) is 0.485. The number of amides is 1. The smallest absolute Gasteiger partial charge is 0.253 e. The maximum atomic E-state index is 12.5. The van der Waals surface area contributed by atoms with Gasteiger partial charge < -0.3 is 9.64 Å². The molecule has 0 atom stereocenters. The molecule has 4 nitrogen and oxygen atoms in total.